The van der Waals surface area contributed by atoms with Crippen LogP contribution < -0.4 is 16.2 Å². The maximum absolute atomic E-state index is 13.0. The number of hydrogen-bond donors (Lipinski definition) is 3. The molecule has 0 radical (unpaired) electrons. The van der Waals surface area contributed by atoms with Crippen molar-refractivity contribution >= 4 is 33.4 Å². The Hall–Kier alpha value is -3.31. The molecule has 31 heavy (non-hydrogen) atoms. The quantitative estimate of drug-likeness (QED) is 0.588. The van der Waals surface area contributed by atoms with Gasteiger partial charge in [0.15, 0.2) is 0 Å². The van der Waals surface area contributed by atoms with Crippen LogP contribution in [0.3, 0.4) is 0 Å². The molecule has 0 spiro atoms. The lowest BCUT2D eigenvalue weighted by Gasteiger charge is -2.38. The van der Waals surface area contributed by atoms with E-state index in [0.717, 1.165) is 6.42 Å². The number of nitrogens with two attached hydrogens (primary N) is 2. The summed E-state index contributed by atoms with van der Waals surface area (Å²) in [5, 5.41) is 7.60. The molecule has 2 heterocycles. The summed E-state index contributed by atoms with van der Waals surface area (Å²) in [7, 11) is -3.83. The molecule has 1 saturated heterocycles. The first kappa shape index (κ1) is 22.4. The molecule has 2 aromatic rings. The predicted molar refractivity (Wildman–Crippen MR) is 112 cm³/mol. The first-order chi connectivity index (χ1) is 14.6. The summed E-state index contributed by atoms with van der Waals surface area (Å²) in [5.74, 6) is -2.13. The smallest absolute Gasteiger partial charge is 0.313 e. The third-order valence-electron chi connectivity index (χ3n) is 5.15. The van der Waals surface area contributed by atoms with Crippen LogP contribution in [0.4, 0.5) is 5.69 Å². The molecule has 1 aliphatic heterocycles. The van der Waals surface area contributed by atoms with E-state index in [4.69, 9.17) is 10.9 Å². The zero-order chi connectivity index (χ0) is 22.8. The predicted octanol–water partition coefficient (Wildman–Crippen LogP) is 0.766. The van der Waals surface area contributed by atoms with Gasteiger partial charge in [0.05, 0.1) is 28.4 Å². The van der Waals surface area contributed by atoms with Gasteiger partial charge in [0.1, 0.15) is 0 Å². The molecule has 5 N–H and O–H groups in total. The van der Waals surface area contributed by atoms with Crippen LogP contribution in [0.25, 0.3) is 0 Å². The molecule has 2 atom stereocenters. The molecule has 0 aliphatic carbocycles. The molecule has 10 nitrogen and oxygen atoms in total. The van der Waals surface area contributed by atoms with Gasteiger partial charge in [-0.05, 0) is 42.5 Å². The van der Waals surface area contributed by atoms with Gasteiger partial charge in [-0.15, -0.1) is 0 Å². The highest BCUT2D eigenvalue weighted by Gasteiger charge is 2.34. The first-order valence-corrected chi connectivity index (χ1v) is 11.1. The van der Waals surface area contributed by atoms with Gasteiger partial charge < -0.3 is 16.0 Å². The van der Waals surface area contributed by atoms with Crippen molar-refractivity contribution in [3.63, 3.8) is 0 Å². The van der Waals surface area contributed by atoms with Crippen LogP contribution in [-0.2, 0) is 19.6 Å². The molecule has 1 aromatic carbocycles. The Labute approximate surface area is 179 Å². The zero-order valence-corrected chi connectivity index (χ0v) is 17.6. The normalized spacial score (nSPS) is 19.0. The summed E-state index contributed by atoms with van der Waals surface area (Å²) in [5.41, 5.74) is 6.20. The van der Waals surface area contributed by atoms with Crippen LogP contribution in [0.1, 0.15) is 41.7 Å². The fourth-order valence-electron chi connectivity index (χ4n) is 3.56. The van der Waals surface area contributed by atoms with Crippen molar-refractivity contribution < 1.29 is 22.8 Å². The Kier molecular flexibility index (Phi) is 6.37. The third-order valence-corrected chi connectivity index (χ3v) is 6.08. The Morgan fingerprint density at radius 3 is 2.42 bits per heavy atom. The van der Waals surface area contributed by atoms with Crippen LogP contribution in [0.15, 0.2) is 47.6 Å². The Morgan fingerprint density at radius 2 is 1.81 bits per heavy atom. The number of primary sulfonamides is 1. The number of likely N-dealkylation sites (tertiary alicyclic amines) is 1. The second-order valence-corrected chi connectivity index (χ2v) is 9.11. The number of rotatable bonds is 4. The van der Waals surface area contributed by atoms with E-state index >= 15 is 0 Å². The molecule has 1 aromatic heterocycles. The highest BCUT2D eigenvalue weighted by molar-refractivity contribution is 7.89. The SMILES string of the molecule is C[C@@H]1CC[C@@H](c2ccc(S(N)(=O)=O)cc2)N(C(=O)C(=O)Nc2cncc(C(N)=O)c2)C1. The highest BCUT2D eigenvalue weighted by Crippen LogP contribution is 2.34. The minimum Gasteiger partial charge on any atom is -0.366 e. The van der Waals surface area contributed by atoms with Gasteiger partial charge in [0.2, 0.25) is 15.9 Å². The topological polar surface area (TPSA) is 166 Å². The largest absolute Gasteiger partial charge is 0.366 e. The average Bonchev–Trinajstić information content (AvgIpc) is 2.72. The van der Waals surface area contributed by atoms with E-state index in [1.54, 1.807) is 12.1 Å². The minimum atomic E-state index is -3.83. The molecule has 0 unspecified atom stereocenters. The monoisotopic (exact) mass is 445 g/mol. The first-order valence-electron chi connectivity index (χ1n) is 9.56. The molecule has 0 bridgehead atoms. The molecule has 1 aliphatic rings. The Balaban J connectivity index is 1.81. The number of carbonyl (C=O) groups excluding carboxylic acids is 3. The van der Waals surface area contributed by atoms with E-state index in [2.05, 4.69) is 10.3 Å². The van der Waals surface area contributed by atoms with Gasteiger partial charge in [-0.3, -0.25) is 19.4 Å². The number of sulfonamides is 1. The molecular weight excluding hydrogens is 422 g/mol. The van der Waals surface area contributed by atoms with Gasteiger partial charge in [0, 0.05) is 12.7 Å². The van der Waals surface area contributed by atoms with Crippen LogP contribution in [0.2, 0.25) is 0 Å². The number of amides is 3. The van der Waals surface area contributed by atoms with Crippen LogP contribution in [0.5, 0.6) is 0 Å². The third kappa shape index (κ3) is 5.25. The number of primary amides is 1. The number of benzene rings is 1. The van der Waals surface area contributed by atoms with Crippen molar-refractivity contribution in [2.45, 2.75) is 30.7 Å². The Morgan fingerprint density at radius 1 is 1.13 bits per heavy atom. The fourth-order valence-corrected chi connectivity index (χ4v) is 4.08. The second kappa shape index (κ2) is 8.82. The van der Waals surface area contributed by atoms with Crippen LogP contribution in [0, 0.1) is 5.92 Å². The summed E-state index contributed by atoms with van der Waals surface area (Å²) in [6.07, 6.45) is 4.03. The molecule has 11 heteroatoms. The average molecular weight is 446 g/mol. The van der Waals surface area contributed by atoms with Gasteiger partial charge in [-0.2, -0.15) is 0 Å². The van der Waals surface area contributed by atoms with Crippen molar-refractivity contribution in [2.75, 3.05) is 11.9 Å². The standard InChI is InChI=1S/C20H23N5O5S/c1-12-2-7-17(13-3-5-16(6-4-13)31(22,29)30)25(11-12)20(28)19(27)24-15-8-14(18(21)26)9-23-10-15/h3-6,8-10,12,17H,2,7,11H2,1H3,(H2,21,26)(H,24,27)(H2,22,29,30)/t12-,17+/m1/s1. The summed E-state index contributed by atoms with van der Waals surface area (Å²) < 4.78 is 23.0. The number of hydrogen-bond acceptors (Lipinski definition) is 6. The summed E-state index contributed by atoms with van der Waals surface area (Å²) >= 11 is 0. The number of aromatic nitrogens is 1. The summed E-state index contributed by atoms with van der Waals surface area (Å²) in [6.45, 7) is 2.35. The Bertz CT molecular complexity index is 1120. The van der Waals surface area contributed by atoms with Crippen molar-refractivity contribution in [2.24, 2.45) is 16.8 Å². The van der Waals surface area contributed by atoms with Gasteiger partial charge in [0.25, 0.3) is 0 Å². The van der Waals surface area contributed by atoms with Crippen molar-refractivity contribution in [3.8, 4) is 0 Å². The maximum atomic E-state index is 13.0. The lowest BCUT2D eigenvalue weighted by molar-refractivity contribution is -0.146. The number of piperidine rings is 1. The molecule has 164 valence electrons. The second-order valence-electron chi connectivity index (χ2n) is 7.55. The van der Waals surface area contributed by atoms with E-state index in [9.17, 15) is 22.8 Å². The number of carbonyl (C=O) groups is 3. The van der Waals surface area contributed by atoms with E-state index in [-0.39, 0.29) is 28.1 Å². The van der Waals surface area contributed by atoms with Crippen LogP contribution in [-0.4, -0.2) is 42.6 Å². The molecule has 3 rings (SSSR count). The molecule has 0 saturated carbocycles. The van der Waals surface area contributed by atoms with Crippen molar-refractivity contribution in [3.05, 3.63) is 53.9 Å². The maximum Gasteiger partial charge on any atom is 0.313 e. The fraction of sp³-hybridized carbons (Fsp3) is 0.300. The van der Waals surface area contributed by atoms with E-state index < -0.39 is 27.7 Å². The minimum absolute atomic E-state index is 0.0297. The lowest BCUT2D eigenvalue weighted by Crippen LogP contribution is -2.46. The summed E-state index contributed by atoms with van der Waals surface area (Å²) in [4.78, 5) is 42.2. The highest BCUT2D eigenvalue weighted by atomic mass is 32.2. The summed E-state index contributed by atoms with van der Waals surface area (Å²) in [6, 6.07) is 6.90. The number of nitrogens with zero attached hydrogens (tertiary/aromatic N) is 2. The van der Waals surface area contributed by atoms with E-state index in [0.29, 0.717) is 18.5 Å². The molecule has 1 fully saturated rings. The number of pyridine rings is 1. The van der Waals surface area contributed by atoms with E-state index in [1.807, 2.05) is 6.92 Å². The lowest BCUT2D eigenvalue weighted by atomic mass is 9.90. The van der Waals surface area contributed by atoms with Gasteiger partial charge in [-0.1, -0.05) is 19.1 Å². The van der Waals surface area contributed by atoms with Crippen molar-refractivity contribution in [1.82, 2.24) is 9.88 Å². The van der Waals surface area contributed by atoms with Gasteiger partial charge >= 0.3 is 11.8 Å². The van der Waals surface area contributed by atoms with Gasteiger partial charge in [-0.25, -0.2) is 13.6 Å². The molecular formula is C20H23N5O5S. The van der Waals surface area contributed by atoms with E-state index in [1.165, 1.54) is 35.5 Å². The molecule has 3 amide bonds. The number of nitrogens with one attached hydrogen (secondary N) is 1. The van der Waals surface area contributed by atoms with Crippen LogP contribution >= 0.6 is 0 Å². The zero-order valence-electron chi connectivity index (χ0n) is 16.8. The number of anilines is 1. The van der Waals surface area contributed by atoms with Crippen molar-refractivity contribution in [1.29, 1.82) is 0 Å².